The first-order valence-electron chi connectivity index (χ1n) is 12.7. The highest BCUT2D eigenvalue weighted by Gasteiger charge is 2.38. The van der Waals surface area contributed by atoms with Crippen molar-refractivity contribution in [3.63, 3.8) is 0 Å². The van der Waals surface area contributed by atoms with Crippen LogP contribution in [0.4, 0.5) is 0 Å². The van der Waals surface area contributed by atoms with E-state index in [1.54, 1.807) is 4.90 Å². The number of carbonyl (C=O) groups excluding carboxylic acids is 3. The van der Waals surface area contributed by atoms with Gasteiger partial charge in [0.15, 0.2) is 0 Å². The fraction of sp³-hybridized carbons (Fsp3) is 0.846. The van der Waals surface area contributed by atoms with Crippen molar-refractivity contribution in [2.45, 2.75) is 94.0 Å². The third-order valence-electron chi connectivity index (χ3n) is 6.66. The summed E-state index contributed by atoms with van der Waals surface area (Å²) in [7, 11) is 0. The Bertz CT molecular complexity index is 806. The third-order valence-corrected chi connectivity index (χ3v) is 6.66. The van der Waals surface area contributed by atoms with E-state index in [0.717, 1.165) is 6.42 Å². The topological polar surface area (TPSA) is 137 Å². The molecule has 10 nitrogen and oxygen atoms in total. The molecule has 1 heterocycles. The van der Waals surface area contributed by atoms with Gasteiger partial charge >= 0.3 is 5.97 Å². The van der Waals surface area contributed by atoms with E-state index in [1.807, 2.05) is 55.4 Å². The van der Waals surface area contributed by atoms with Gasteiger partial charge in [0.05, 0.1) is 0 Å². The second-order valence-corrected chi connectivity index (χ2v) is 13.1. The maximum Gasteiger partial charge on any atom is 0.320 e. The molecule has 36 heavy (non-hydrogen) atoms. The number of carboxylic acids is 1. The minimum atomic E-state index is -0.883. The lowest BCUT2D eigenvalue weighted by Crippen LogP contribution is -2.47. The Morgan fingerprint density at radius 1 is 0.861 bits per heavy atom. The Morgan fingerprint density at radius 3 is 1.86 bits per heavy atom. The quantitative estimate of drug-likeness (QED) is 0.263. The monoisotopic (exact) mass is 512 g/mol. The number of carboxylic acid groups (broad SMARTS) is 1. The maximum absolute atomic E-state index is 13.0. The zero-order valence-corrected chi connectivity index (χ0v) is 23.7. The van der Waals surface area contributed by atoms with Crippen LogP contribution in [-0.4, -0.2) is 66.1 Å². The zero-order chi connectivity index (χ0) is 27.9. The van der Waals surface area contributed by atoms with E-state index < -0.39 is 22.8 Å². The standard InChI is InChI=1S/C26H48N4O6/c1-18(31)27-15-23(2,3)13-25(6,7)21(34)28-16-24(4,5)14-26(8,9)22(35)29-36-17-30-12-10-11-19(30)20(32)33/h19H,10-17H2,1-9H3,(H,27,31)(H,28,34)(H,29,35)(H,32,33)/t19-/m0/s1. The van der Waals surface area contributed by atoms with Crippen molar-refractivity contribution in [1.82, 2.24) is 21.0 Å². The number of amides is 3. The first-order valence-corrected chi connectivity index (χ1v) is 12.7. The second kappa shape index (κ2) is 12.4. The van der Waals surface area contributed by atoms with Gasteiger partial charge in [0.25, 0.3) is 0 Å². The van der Waals surface area contributed by atoms with Gasteiger partial charge in [-0.2, -0.15) is 0 Å². The molecular weight excluding hydrogens is 464 g/mol. The molecule has 0 saturated carbocycles. The Balaban J connectivity index is 2.58. The summed E-state index contributed by atoms with van der Waals surface area (Å²) in [6.07, 6.45) is 2.44. The van der Waals surface area contributed by atoms with Crippen molar-refractivity contribution in [2.24, 2.45) is 21.7 Å². The number of hydrogen-bond donors (Lipinski definition) is 4. The number of likely N-dealkylation sites (tertiary alicyclic amines) is 1. The molecule has 0 aromatic rings. The van der Waals surface area contributed by atoms with Crippen molar-refractivity contribution in [2.75, 3.05) is 26.4 Å². The highest BCUT2D eigenvalue weighted by molar-refractivity contribution is 5.82. The fourth-order valence-corrected chi connectivity index (χ4v) is 5.18. The SMILES string of the molecule is CC(=O)NCC(C)(C)CC(C)(C)C(=O)NCC(C)(C)CC(C)(C)C(=O)NOCN1CCC[C@H]1C(=O)O. The molecule has 208 valence electrons. The molecule has 0 spiro atoms. The van der Waals surface area contributed by atoms with Gasteiger partial charge in [0, 0.05) is 37.4 Å². The van der Waals surface area contributed by atoms with Crippen LogP contribution in [0.25, 0.3) is 0 Å². The van der Waals surface area contributed by atoms with Gasteiger partial charge in [-0.3, -0.25) is 28.9 Å². The number of aliphatic carboxylic acids is 1. The third kappa shape index (κ3) is 10.4. The summed E-state index contributed by atoms with van der Waals surface area (Å²) in [4.78, 5) is 55.4. The molecule has 0 radical (unpaired) electrons. The van der Waals surface area contributed by atoms with E-state index in [9.17, 15) is 24.3 Å². The summed E-state index contributed by atoms with van der Waals surface area (Å²) in [5.74, 6) is -1.35. The number of nitrogens with one attached hydrogen (secondary N) is 3. The average Bonchev–Trinajstić information content (AvgIpc) is 3.18. The van der Waals surface area contributed by atoms with E-state index in [4.69, 9.17) is 4.84 Å². The molecule has 0 aromatic carbocycles. The fourth-order valence-electron chi connectivity index (χ4n) is 5.18. The molecule has 3 amide bonds. The second-order valence-electron chi connectivity index (χ2n) is 13.1. The van der Waals surface area contributed by atoms with Crippen LogP contribution >= 0.6 is 0 Å². The number of hydroxylamine groups is 1. The minimum Gasteiger partial charge on any atom is -0.480 e. The molecule has 1 atom stereocenters. The molecule has 1 aliphatic rings. The summed E-state index contributed by atoms with van der Waals surface area (Å²) < 4.78 is 0. The molecule has 10 heteroatoms. The average molecular weight is 513 g/mol. The predicted molar refractivity (Wildman–Crippen MR) is 138 cm³/mol. The van der Waals surface area contributed by atoms with Gasteiger partial charge in [0.1, 0.15) is 12.8 Å². The van der Waals surface area contributed by atoms with E-state index >= 15 is 0 Å². The Labute approximate surface area is 216 Å². The van der Waals surface area contributed by atoms with Crippen molar-refractivity contribution >= 4 is 23.7 Å². The number of rotatable bonds is 14. The van der Waals surface area contributed by atoms with E-state index in [2.05, 4.69) is 16.1 Å². The molecule has 4 N–H and O–H groups in total. The van der Waals surface area contributed by atoms with Crippen LogP contribution in [0.5, 0.6) is 0 Å². The molecule has 0 aromatic heterocycles. The number of hydrogen-bond acceptors (Lipinski definition) is 6. The Kier molecular flexibility index (Phi) is 10.9. The predicted octanol–water partition coefficient (Wildman–Crippen LogP) is 2.68. The molecule has 1 aliphatic heterocycles. The largest absolute Gasteiger partial charge is 0.480 e. The molecule has 1 rings (SSSR count). The summed E-state index contributed by atoms with van der Waals surface area (Å²) in [6.45, 7) is 18.5. The summed E-state index contributed by atoms with van der Waals surface area (Å²) in [5.41, 5.74) is 0.441. The molecule has 0 bridgehead atoms. The van der Waals surface area contributed by atoms with Crippen LogP contribution in [0.3, 0.4) is 0 Å². The highest BCUT2D eigenvalue weighted by Crippen LogP contribution is 2.36. The van der Waals surface area contributed by atoms with E-state index in [0.29, 0.717) is 38.9 Å². The van der Waals surface area contributed by atoms with Crippen molar-refractivity contribution in [3.8, 4) is 0 Å². The van der Waals surface area contributed by atoms with Crippen LogP contribution < -0.4 is 16.1 Å². The molecule has 1 saturated heterocycles. The van der Waals surface area contributed by atoms with Crippen LogP contribution in [-0.2, 0) is 24.0 Å². The lowest BCUT2D eigenvalue weighted by molar-refractivity contribution is -0.153. The zero-order valence-electron chi connectivity index (χ0n) is 23.7. The molecule has 0 aliphatic carbocycles. The van der Waals surface area contributed by atoms with Crippen LogP contribution in [0.1, 0.15) is 88.0 Å². The normalized spacial score (nSPS) is 17.5. The summed E-state index contributed by atoms with van der Waals surface area (Å²) >= 11 is 0. The first-order chi connectivity index (χ1) is 16.3. The summed E-state index contributed by atoms with van der Waals surface area (Å²) in [5, 5.41) is 15.1. The van der Waals surface area contributed by atoms with Crippen LogP contribution in [0.2, 0.25) is 0 Å². The first kappa shape index (κ1) is 31.8. The highest BCUT2D eigenvalue weighted by atomic mass is 16.7. The Morgan fingerprint density at radius 2 is 1.36 bits per heavy atom. The molecule has 0 unspecified atom stereocenters. The van der Waals surface area contributed by atoms with Crippen LogP contribution in [0.15, 0.2) is 0 Å². The Hall–Kier alpha value is -2.20. The van der Waals surface area contributed by atoms with Crippen LogP contribution in [0, 0.1) is 21.7 Å². The summed E-state index contributed by atoms with van der Waals surface area (Å²) in [6, 6.07) is -0.585. The van der Waals surface area contributed by atoms with Gasteiger partial charge in [-0.1, -0.05) is 55.4 Å². The minimum absolute atomic E-state index is 0.0194. The maximum atomic E-state index is 13.0. The van der Waals surface area contributed by atoms with Crippen molar-refractivity contribution < 1.29 is 29.1 Å². The molecule has 1 fully saturated rings. The lowest BCUT2D eigenvalue weighted by Gasteiger charge is -2.37. The van der Waals surface area contributed by atoms with Gasteiger partial charge < -0.3 is 15.7 Å². The number of carbonyl (C=O) groups is 4. The molecular formula is C26H48N4O6. The van der Waals surface area contributed by atoms with E-state index in [-0.39, 0.29) is 35.3 Å². The van der Waals surface area contributed by atoms with Gasteiger partial charge in [-0.05, 0) is 36.5 Å². The van der Waals surface area contributed by atoms with Gasteiger partial charge in [0.2, 0.25) is 17.7 Å². The van der Waals surface area contributed by atoms with Gasteiger partial charge in [-0.15, -0.1) is 0 Å². The smallest absolute Gasteiger partial charge is 0.320 e. The lowest BCUT2D eigenvalue weighted by atomic mass is 9.73. The van der Waals surface area contributed by atoms with Gasteiger partial charge in [-0.25, -0.2) is 5.48 Å². The van der Waals surface area contributed by atoms with Crippen molar-refractivity contribution in [1.29, 1.82) is 0 Å². The number of nitrogens with zero attached hydrogens (tertiary/aromatic N) is 1. The van der Waals surface area contributed by atoms with Crippen molar-refractivity contribution in [3.05, 3.63) is 0 Å². The van der Waals surface area contributed by atoms with E-state index in [1.165, 1.54) is 6.92 Å².